The number of aliphatic hydroxyl groups is 1. The lowest BCUT2D eigenvalue weighted by molar-refractivity contribution is -0.124. The summed E-state index contributed by atoms with van der Waals surface area (Å²) in [7, 11) is 0. The zero-order valence-corrected chi connectivity index (χ0v) is 12.5. The molecule has 1 atom stereocenters. The van der Waals surface area contributed by atoms with Crippen molar-refractivity contribution in [2.75, 3.05) is 6.61 Å². The molecule has 108 valence electrons. The Labute approximate surface area is 111 Å². The molecule has 1 amide bonds. The normalized spacial score (nSPS) is 14.4. The summed E-state index contributed by atoms with van der Waals surface area (Å²) >= 11 is 0. The van der Waals surface area contributed by atoms with E-state index in [-0.39, 0.29) is 24.0 Å². The standard InChI is InChI=1S/C14H30N2O2/c1-6-14(7-2,10-17)16-12(18)8-11(15)9-13(3,4)5/h11,17H,6-10,15H2,1-5H3,(H,16,18). The lowest BCUT2D eigenvalue weighted by Gasteiger charge is -2.31. The van der Waals surface area contributed by atoms with Gasteiger partial charge in [0.1, 0.15) is 0 Å². The number of aliphatic hydroxyl groups excluding tert-OH is 1. The van der Waals surface area contributed by atoms with Gasteiger partial charge in [0.25, 0.3) is 0 Å². The summed E-state index contributed by atoms with van der Waals surface area (Å²) in [6, 6.07) is -0.130. The van der Waals surface area contributed by atoms with E-state index in [1.54, 1.807) is 0 Å². The third-order valence-corrected chi connectivity index (χ3v) is 3.38. The number of nitrogens with one attached hydrogen (secondary N) is 1. The largest absolute Gasteiger partial charge is 0.394 e. The molecule has 0 aromatic carbocycles. The molecular formula is C14H30N2O2. The first-order chi connectivity index (χ1) is 8.18. The summed E-state index contributed by atoms with van der Waals surface area (Å²) < 4.78 is 0. The molecule has 0 saturated heterocycles. The molecule has 0 aliphatic heterocycles. The summed E-state index contributed by atoms with van der Waals surface area (Å²) in [5.41, 5.74) is 5.62. The van der Waals surface area contributed by atoms with Gasteiger partial charge in [-0.2, -0.15) is 0 Å². The zero-order valence-electron chi connectivity index (χ0n) is 12.5. The highest BCUT2D eigenvalue weighted by atomic mass is 16.3. The van der Waals surface area contributed by atoms with Crippen LogP contribution in [0.3, 0.4) is 0 Å². The molecular weight excluding hydrogens is 228 g/mol. The minimum Gasteiger partial charge on any atom is -0.394 e. The van der Waals surface area contributed by atoms with Gasteiger partial charge in [-0.05, 0) is 24.7 Å². The number of hydrogen-bond acceptors (Lipinski definition) is 3. The first kappa shape index (κ1) is 17.4. The van der Waals surface area contributed by atoms with E-state index in [0.29, 0.717) is 6.42 Å². The minimum absolute atomic E-state index is 0.0275. The van der Waals surface area contributed by atoms with Gasteiger partial charge in [0, 0.05) is 12.5 Å². The van der Waals surface area contributed by atoms with E-state index in [1.807, 2.05) is 13.8 Å². The quantitative estimate of drug-likeness (QED) is 0.652. The Hall–Kier alpha value is -0.610. The van der Waals surface area contributed by atoms with Crippen LogP contribution >= 0.6 is 0 Å². The van der Waals surface area contributed by atoms with Gasteiger partial charge in [-0.3, -0.25) is 4.79 Å². The van der Waals surface area contributed by atoms with Gasteiger partial charge in [0.15, 0.2) is 0 Å². The Morgan fingerprint density at radius 3 is 2.11 bits per heavy atom. The monoisotopic (exact) mass is 258 g/mol. The molecule has 0 aromatic rings. The van der Waals surface area contributed by atoms with Crippen LogP contribution in [0.5, 0.6) is 0 Å². The van der Waals surface area contributed by atoms with Crippen LogP contribution in [0.4, 0.5) is 0 Å². The van der Waals surface area contributed by atoms with Crippen LogP contribution in [-0.4, -0.2) is 29.2 Å². The topological polar surface area (TPSA) is 75.3 Å². The molecule has 1 unspecified atom stereocenters. The average molecular weight is 258 g/mol. The predicted octanol–water partition coefficient (Wildman–Crippen LogP) is 1.81. The summed E-state index contributed by atoms with van der Waals surface area (Å²) in [6.07, 6.45) is 2.57. The molecule has 4 nitrogen and oxygen atoms in total. The Morgan fingerprint density at radius 2 is 1.78 bits per heavy atom. The van der Waals surface area contributed by atoms with Crippen LogP contribution in [0.15, 0.2) is 0 Å². The predicted molar refractivity (Wildman–Crippen MR) is 75.2 cm³/mol. The highest BCUT2D eigenvalue weighted by Gasteiger charge is 2.28. The molecule has 0 fully saturated rings. The molecule has 0 radical (unpaired) electrons. The molecule has 0 rings (SSSR count). The number of amides is 1. The highest BCUT2D eigenvalue weighted by Crippen LogP contribution is 2.21. The fourth-order valence-corrected chi connectivity index (χ4v) is 2.13. The molecule has 4 N–H and O–H groups in total. The van der Waals surface area contributed by atoms with E-state index in [1.165, 1.54) is 0 Å². The first-order valence-corrected chi connectivity index (χ1v) is 6.85. The van der Waals surface area contributed by atoms with Crippen molar-refractivity contribution in [3.8, 4) is 0 Å². The molecule has 0 saturated carbocycles. The van der Waals surface area contributed by atoms with Crippen molar-refractivity contribution in [3.05, 3.63) is 0 Å². The molecule has 18 heavy (non-hydrogen) atoms. The van der Waals surface area contributed by atoms with Crippen molar-refractivity contribution in [2.24, 2.45) is 11.1 Å². The average Bonchev–Trinajstić information content (AvgIpc) is 2.23. The Kier molecular flexibility index (Phi) is 6.86. The van der Waals surface area contributed by atoms with E-state index in [4.69, 9.17) is 5.73 Å². The van der Waals surface area contributed by atoms with Crippen LogP contribution in [-0.2, 0) is 4.79 Å². The lowest BCUT2D eigenvalue weighted by atomic mass is 9.87. The Balaban J connectivity index is 4.33. The fourth-order valence-electron chi connectivity index (χ4n) is 2.13. The molecule has 0 spiro atoms. The molecule has 0 bridgehead atoms. The summed E-state index contributed by atoms with van der Waals surface area (Å²) in [4.78, 5) is 11.9. The maximum atomic E-state index is 11.9. The van der Waals surface area contributed by atoms with Gasteiger partial charge >= 0.3 is 0 Å². The van der Waals surface area contributed by atoms with Crippen LogP contribution < -0.4 is 11.1 Å². The van der Waals surface area contributed by atoms with Crippen LogP contribution in [0.1, 0.15) is 60.3 Å². The first-order valence-electron chi connectivity index (χ1n) is 6.85. The Morgan fingerprint density at radius 1 is 1.28 bits per heavy atom. The maximum Gasteiger partial charge on any atom is 0.222 e. The van der Waals surface area contributed by atoms with Crippen molar-refractivity contribution in [1.82, 2.24) is 5.32 Å². The summed E-state index contributed by atoms with van der Waals surface area (Å²) in [5, 5.41) is 12.3. The molecule has 0 aromatic heterocycles. The Bertz CT molecular complexity index is 247. The van der Waals surface area contributed by atoms with Crippen molar-refractivity contribution < 1.29 is 9.90 Å². The van der Waals surface area contributed by atoms with E-state index >= 15 is 0 Å². The van der Waals surface area contributed by atoms with Gasteiger partial charge < -0.3 is 16.2 Å². The van der Waals surface area contributed by atoms with E-state index in [9.17, 15) is 9.90 Å². The fraction of sp³-hybridized carbons (Fsp3) is 0.929. The zero-order chi connectivity index (χ0) is 14.4. The number of carbonyl (C=O) groups is 1. The van der Waals surface area contributed by atoms with Gasteiger partial charge in [0.05, 0.1) is 12.1 Å². The SMILES string of the molecule is CCC(CC)(CO)NC(=O)CC(N)CC(C)(C)C. The third-order valence-electron chi connectivity index (χ3n) is 3.38. The molecule has 0 aliphatic carbocycles. The van der Waals surface area contributed by atoms with Gasteiger partial charge in [-0.25, -0.2) is 0 Å². The summed E-state index contributed by atoms with van der Waals surface area (Å²) in [6.45, 7) is 10.2. The highest BCUT2D eigenvalue weighted by molar-refractivity contribution is 5.77. The second-order valence-electron chi connectivity index (χ2n) is 6.42. The van der Waals surface area contributed by atoms with Crippen molar-refractivity contribution in [1.29, 1.82) is 0 Å². The van der Waals surface area contributed by atoms with Crippen LogP contribution in [0.2, 0.25) is 0 Å². The van der Waals surface area contributed by atoms with Crippen molar-refractivity contribution >= 4 is 5.91 Å². The summed E-state index contributed by atoms with van der Waals surface area (Å²) in [5.74, 6) is -0.0653. The minimum atomic E-state index is -0.488. The second-order valence-corrected chi connectivity index (χ2v) is 6.42. The smallest absolute Gasteiger partial charge is 0.222 e. The number of nitrogens with two attached hydrogens (primary N) is 1. The van der Waals surface area contributed by atoms with Crippen LogP contribution in [0.25, 0.3) is 0 Å². The number of rotatable bonds is 7. The molecule has 4 heteroatoms. The lowest BCUT2D eigenvalue weighted by Crippen LogP contribution is -2.51. The van der Waals surface area contributed by atoms with E-state index in [0.717, 1.165) is 19.3 Å². The molecule has 0 heterocycles. The van der Waals surface area contributed by atoms with Gasteiger partial charge in [-0.1, -0.05) is 34.6 Å². The van der Waals surface area contributed by atoms with Gasteiger partial charge in [0.2, 0.25) is 5.91 Å². The third kappa shape index (κ3) is 6.36. The second kappa shape index (κ2) is 7.10. The van der Waals surface area contributed by atoms with Crippen molar-refractivity contribution in [3.63, 3.8) is 0 Å². The van der Waals surface area contributed by atoms with E-state index in [2.05, 4.69) is 26.1 Å². The van der Waals surface area contributed by atoms with Crippen molar-refractivity contribution in [2.45, 2.75) is 71.9 Å². The number of hydrogen-bond donors (Lipinski definition) is 3. The van der Waals surface area contributed by atoms with E-state index < -0.39 is 5.54 Å². The maximum absolute atomic E-state index is 11.9. The van der Waals surface area contributed by atoms with Gasteiger partial charge in [-0.15, -0.1) is 0 Å². The molecule has 0 aliphatic rings. The number of carbonyl (C=O) groups excluding carboxylic acids is 1. The van der Waals surface area contributed by atoms with Crippen LogP contribution in [0, 0.1) is 5.41 Å².